The Kier molecular flexibility index (Phi) is 3.48. The van der Waals surface area contributed by atoms with Crippen LogP contribution in [0.5, 0.6) is 0 Å². The van der Waals surface area contributed by atoms with Gasteiger partial charge >= 0.3 is 0 Å². The van der Waals surface area contributed by atoms with Gasteiger partial charge < -0.3 is 10.3 Å². The lowest BCUT2D eigenvalue weighted by molar-refractivity contribution is 0.350. The Hall–Kier alpha value is -0.480. The van der Waals surface area contributed by atoms with E-state index in [4.69, 9.17) is 10.3 Å². The van der Waals surface area contributed by atoms with E-state index in [2.05, 4.69) is 5.16 Å². The highest BCUT2D eigenvalue weighted by molar-refractivity contribution is 7.99. The molecule has 0 aromatic carbocycles. The average molecular weight is 212 g/mol. The van der Waals surface area contributed by atoms with Gasteiger partial charge in [0, 0.05) is 11.5 Å². The Bertz CT molecular complexity index is 281. The molecule has 0 unspecified atom stereocenters. The summed E-state index contributed by atoms with van der Waals surface area (Å²) in [6, 6.07) is 0. The van der Waals surface area contributed by atoms with Crippen molar-refractivity contribution in [3.05, 3.63) is 17.5 Å². The fourth-order valence-electron chi connectivity index (χ4n) is 1.91. The Morgan fingerprint density at radius 2 is 2.29 bits per heavy atom. The van der Waals surface area contributed by atoms with Crippen LogP contribution in [0, 0.1) is 0 Å². The molecule has 0 amide bonds. The van der Waals surface area contributed by atoms with E-state index in [1.54, 1.807) is 0 Å². The van der Waals surface area contributed by atoms with Crippen molar-refractivity contribution in [3.8, 4) is 0 Å². The lowest BCUT2D eigenvalue weighted by atomic mass is 9.96. The SMILES string of the molecule is NCCc1cnoc1C1CCSCC1. The van der Waals surface area contributed by atoms with Gasteiger partial charge in [-0.25, -0.2) is 0 Å². The van der Waals surface area contributed by atoms with Crippen molar-refractivity contribution in [2.24, 2.45) is 5.73 Å². The minimum atomic E-state index is 0.584. The minimum absolute atomic E-state index is 0.584. The van der Waals surface area contributed by atoms with Crippen LogP contribution in [-0.4, -0.2) is 23.2 Å². The van der Waals surface area contributed by atoms with Crippen LogP contribution in [0.25, 0.3) is 0 Å². The topological polar surface area (TPSA) is 52.0 Å². The van der Waals surface area contributed by atoms with Crippen molar-refractivity contribution < 1.29 is 4.52 Å². The van der Waals surface area contributed by atoms with E-state index in [0.29, 0.717) is 12.5 Å². The van der Waals surface area contributed by atoms with Crippen molar-refractivity contribution >= 4 is 11.8 Å². The van der Waals surface area contributed by atoms with Gasteiger partial charge in [-0.05, 0) is 37.3 Å². The number of rotatable bonds is 3. The normalized spacial score (nSPS) is 18.6. The fourth-order valence-corrected chi connectivity index (χ4v) is 3.02. The highest BCUT2D eigenvalue weighted by Gasteiger charge is 2.22. The predicted molar refractivity (Wildman–Crippen MR) is 58.6 cm³/mol. The zero-order chi connectivity index (χ0) is 9.80. The number of aromatic nitrogens is 1. The summed E-state index contributed by atoms with van der Waals surface area (Å²) < 4.78 is 5.34. The van der Waals surface area contributed by atoms with Crippen molar-refractivity contribution in [3.63, 3.8) is 0 Å². The number of hydrogen-bond donors (Lipinski definition) is 1. The summed E-state index contributed by atoms with van der Waals surface area (Å²) in [6.45, 7) is 0.676. The Labute approximate surface area is 88.4 Å². The van der Waals surface area contributed by atoms with Crippen molar-refractivity contribution in [1.29, 1.82) is 0 Å². The molecule has 1 saturated heterocycles. The second-order valence-electron chi connectivity index (χ2n) is 3.64. The quantitative estimate of drug-likeness (QED) is 0.830. The van der Waals surface area contributed by atoms with E-state index >= 15 is 0 Å². The van der Waals surface area contributed by atoms with Gasteiger partial charge in [0.15, 0.2) is 0 Å². The standard InChI is InChI=1S/C10H16N2OS/c11-4-1-9-7-12-13-10(9)8-2-5-14-6-3-8/h7-8H,1-6,11H2. The summed E-state index contributed by atoms with van der Waals surface area (Å²) >= 11 is 2.03. The molecule has 0 bridgehead atoms. The largest absolute Gasteiger partial charge is 0.361 e. The second kappa shape index (κ2) is 4.84. The molecule has 0 atom stereocenters. The van der Waals surface area contributed by atoms with Crippen LogP contribution in [0.4, 0.5) is 0 Å². The van der Waals surface area contributed by atoms with Gasteiger partial charge in [-0.3, -0.25) is 0 Å². The van der Waals surface area contributed by atoms with Crippen LogP contribution in [0.3, 0.4) is 0 Å². The van der Waals surface area contributed by atoms with Crippen molar-refractivity contribution in [2.45, 2.75) is 25.2 Å². The summed E-state index contributed by atoms with van der Waals surface area (Å²) in [5, 5.41) is 3.88. The molecule has 1 aromatic heterocycles. The molecule has 0 aliphatic carbocycles. The van der Waals surface area contributed by atoms with Gasteiger partial charge in [-0.1, -0.05) is 5.16 Å². The van der Waals surface area contributed by atoms with E-state index in [1.165, 1.54) is 29.9 Å². The van der Waals surface area contributed by atoms with Gasteiger partial charge in [-0.15, -0.1) is 0 Å². The third-order valence-corrected chi connectivity index (χ3v) is 3.73. The predicted octanol–water partition coefficient (Wildman–Crippen LogP) is 1.79. The van der Waals surface area contributed by atoms with E-state index in [9.17, 15) is 0 Å². The van der Waals surface area contributed by atoms with Crippen LogP contribution in [0.1, 0.15) is 30.1 Å². The third-order valence-electron chi connectivity index (χ3n) is 2.68. The van der Waals surface area contributed by atoms with E-state index in [0.717, 1.165) is 12.2 Å². The summed E-state index contributed by atoms with van der Waals surface area (Å²) in [4.78, 5) is 0. The molecule has 1 fully saturated rings. The zero-order valence-electron chi connectivity index (χ0n) is 8.24. The third kappa shape index (κ3) is 2.12. The smallest absolute Gasteiger partial charge is 0.143 e. The number of nitrogens with zero attached hydrogens (tertiary/aromatic N) is 1. The first-order valence-corrected chi connectivity index (χ1v) is 6.28. The van der Waals surface area contributed by atoms with Crippen molar-refractivity contribution in [2.75, 3.05) is 18.1 Å². The fraction of sp³-hybridized carbons (Fsp3) is 0.700. The van der Waals surface area contributed by atoms with Gasteiger partial charge in [0.2, 0.25) is 0 Å². The molecular weight excluding hydrogens is 196 g/mol. The van der Waals surface area contributed by atoms with Crippen LogP contribution < -0.4 is 5.73 Å². The molecule has 3 nitrogen and oxygen atoms in total. The highest BCUT2D eigenvalue weighted by Crippen LogP contribution is 2.33. The van der Waals surface area contributed by atoms with Crippen molar-refractivity contribution in [1.82, 2.24) is 5.16 Å². The number of hydrogen-bond acceptors (Lipinski definition) is 4. The van der Waals surface area contributed by atoms with Gasteiger partial charge in [-0.2, -0.15) is 11.8 Å². The molecule has 2 heterocycles. The molecular formula is C10H16N2OS. The molecule has 0 saturated carbocycles. The second-order valence-corrected chi connectivity index (χ2v) is 4.87. The van der Waals surface area contributed by atoms with Gasteiger partial charge in [0.05, 0.1) is 6.20 Å². The molecule has 1 aromatic rings. The number of thioether (sulfide) groups is 1. The maximum atomic E-state index is 5.54. The zero-order valence-corrected chi connectivity index (χ0v) is 9.05. The average Bonchev–Trinajstić information content (AvgIpc) is 2.68. The van der Waals surface area contributed by atoms with Gasteiger partial charge in [0.1, 0.15) is 5.76 Å². The molecule has 2 N–H and O–H groups in total. The van der Waals surface area contributed by atoms with Crippen LogP contribution >= 0.6 is 11.8 Å². The monoisotopic (exact) mass is 212 g/mol. The summed E-state index contributed by atoms with van der Waals surface area (Å²) in [5.74, 6) is 4.16. The van der Waals surface area contributed by atoms with Crippen LogP contribution in [0.2, 0.25) is 0 Å². The number of nitrogens with two attached hydrogens (primary N) is 1. The lowest BCUT2D eigenvalue weighted by Gasteiger charge is -2.19. The molecule has 1 aliphatic rings. The highest BCUT2D eigenvalue weighted by atomic mass is 32.2. The molecule has 4 heteroatoms. The molecule has 2 rings (SSSR count). The first-order chi connectivity index (χ1) is 6.92. The van der Waals surface area contributed by atoms with E-state index in [-0.39, 0.29) is 0 Å². The lowest BCUT2D eigenvalue weighted by Crippen LogP contribution is -2.10. The molecule has 14 heavy (non-hydrogen) atoms. The molecule has 78 valence electrons. The maximum Gasteiger partial charge on any atom is 0.143 e. The summed E-state index contributed by atoms with van der Waals surface area (Å²) in [6.07, 6.45) is 5.15. The van der Waals surface area contributed by atoms with Crippen LogP contribution in [0.15, 0.2) is 10.7 Å². The molecule has 0 radical (unpaired) electrons. The summed E-state index contributed by atoms with van der Waals surface area (Å²) in [5.41, 5.74) is 6.76. The van der Waals surface area contributed by atoms with Crippen LogP contribution in [-0.2, 0) is 6.42 Å². The molecule has 1 aliphatic heterocycles. The Morgan fingerprint density at radius 1 is 1.50 bits per heavy atom. The first-order valence-electron chi connectivity index (χ1n) is 5.13. The first kappa shape index (κ1) is 10.1. The van der Waals surface area contributed by atoms with E-state index < -0.39 is 0 Å². The summed E-state index contributed by atoms with van der Waals surface area (Å²) in [7, 11) is 0. The Balaban J connectivity index is 2.09. The molecule has 0 spiro atoms. The Morgan fingerprint density at radius 3 is 3.00 bits per heavy atom. The minimum Gasteiger partial charge on any atom is -0.361 e. The van der Waals surface area contributed by atoms with Gasteiger partial charge in [0.25, 0.3) is 0 Å². The maximum absolute atomic E-state index is 5.54. The van der Waals surface area contributed by atoms with E-state index in [1.807, 2.05) is 18.0 Å².